The number of benzene rings is 3. The summed E-state index contributed by atoms with van der Waals surface area (Å²) in [6, 6.07) is 17.1. The second kappa shape index (κ2) is 10.3. The minimum atomic E-state index is -0.773. The summed E-state index contributed by atoms with van der Waals surface area (Å²) in [5.74, 6) is -1.41. The normalized spacial score (nSPS) is 11.0. The van der Waals surface area contributed by atoms with E-state index in [1.807, 2.05) is 6.07 Å². The van der Waals surface area contributed by atoms with Crippen molar-refractivity contribution in [2.45, 2.75) is 0 Å². The molecule has 6 aromatic rings. The molecular weight excluding hydrogens is 532 g/mol. The van der Waals surface area contributed by atoms with Crippen molar-refractivity contribution < 1.29 is 18.3 Å². The van der Waals surface area contributed by atoms with Gasteiger partial charge in [-0.3, -0.25) is 14.7 Å². The molecule has 3 aromatic heterocycles. The van der Waals surface area contributed by atoms with Gasteiger partial charge in [0.15, 0.2) is 11.6 Å². The van der Waals surface area contributed by atoms with Crippen LogP contribution in [0.2, 0.25) is 0 Å². The molecule has 0 spiro atoms. The van der Waals surface area contributed by atoms with Crippen LogP contribution in [0, 0.1) is 11.6 Å². The van der Waals surface area contributed by atoms with Gasteiger partial charge in [-0.1, -0.05) is 0 Å². The summed E-state index contributed by atoms with van der Waals surface area (Å²) < 4.78 is 35.4. The molecule has 3 aromatic carbocycles. The third kappa shape index (κ3) is 5.08. The van der Waals surface area contributed by atoms with Crippen molar-refractivity contribution in [1.29, 1.82) is 0 Å². The molecule has 1 amide bonds. The van der Waals surface area contributed by atoms with Crippen LogP contribution in [0.1, 0.15) is 10.4 Å². The Bertz CT molecular complexity index is 1970. The Morgan fingerprint density at radius 1 is 0.951 bits per heavy atom. The number of carbonyl (C=O) groups excluding carboxylic acids is 1. The Kier molecular flexibility index (Phi) is 6.40. The zero-order valence-electron chi connectivity index (χ0n) is 21.0. The molecule has 0 unspecified atom stereocenters. The van der Waals surface area contributed by atoms with Gasteiger partial charge in [0, 0.05) is 40.7 Å². The first kappa shape index (κ1) is 25.4. The second-order valence-electron chi connectivity index (χ2n) is 8.92. The van der Waals surface area contributed by atoms with Crippen LogP contribution in [0.15, 0.2) is 96.2 Å². The average Bonchev–Trinajstić information content (AvgIpc) is 3.43. The molecule has 0 aliphatic rings. The predicted octanol–water partition coefficient (Wildman–Crippen LogP) is 5.08. The average molecular weight is 552 g/mol. The molecule has 0 saturated heterocycles. The summed E-state index contributed by atoms with van der Waals surface area (Å²) in [6.07, 6.45) is 4.46. The molecule has 12 heteroatoms. The maximum Gasteiger partial charge on any atom is 0.284 e. The molecule has 4 N–H and O–H groups in total. The van der Waals surface area contributed by atoms with Gasteiger partial charge in [0.1, 0.15) is 22.9 Å². The van der Waals surface area contributed by atoms with E-state index in [1.165, 1.54) is 48.7 Å². The van der Waals surface area contributed by atoms with E-state index in [9.17, 15) is 14.0 Å². The largest absolute Gasteiger partial charge is 0.454 e. The van der Waals surface area contributed by atoms with Crippen molar-refractivity contribution in [3.8, 4) is 28.3 Å². The molecule has 0 bridgehead atoms. The lowest BCUT2D eigenvalue weighted by molar-refractivity contribution is 0.102. The van der Waals surface area contributed by atoms with Crippen LogP contribution in [0.5, 0.6) is 11.5 Å². The molecular formula is C29H19F2N7O3. The van der Waals surface area contributed by atoms with Crippen molar-refractivity contribution in [2.75, 3.05) is 11.1 Å². The van der Waals surface area contributed by atoms with Gasteiger partial charge in [-0.25, -0.2) is 13.8 Å². The van der Waals surface area contributed by atoms with E-state index in [2.05, 4.69) is 25.6 Å². The van der Waals surface area contributed by atoms with Gasteiger partial charge < -0.3 is 15.8 Å². The summed E-state index contributed by atoms with van der Waals surface area (Å²) in [6.45, 7) is 0. The fraction of sp³-hybridized carbons (Fsp3) is 0. The van der Waals surface area contributed by atoms with E-state index in [4.69, 9.17) is 10.5 Å². The Hall–Kier alpha value is -5.91. The number of nitrogens with zero attached hydrogens (tertiary/aromatic N) is 4. The number of carbonyl (C=O) groups is 1. The van der Waals surface area contributed by atoms with Gasteiger partial charge in [0.25, 0.3) is 11.5 Å². The van der Waals surface area contributed by atoms with E-state index < -0.39 is 23.1 Å². The molecule has 0 fully saturated rings. The lowest BCUT2D eigenvalue weighted by Gasteiger charge is -2.14. The zero-order valence-corrected chi connectivity index (χ0v) is 21.0. The number of halogens is 2. The SMILES string of the molecule is Nc1ccc(-c2cc3[nH]ncc3cc2Oc2ccc(NC(=O)c3ccnn(-c4ccc(F)cc4)c3=O)cc2F)cn1. The first-order valence-corrected chi connectivity index (χ1v) is 12.2. The number of anilines is 2. The maximum absolute atomic E-state index is 15.2. The number of ether oxygens (including phenoxy) is 1. The molecule has 41 heavy (non-hydrogen) atoms. The van der Waals surface area contributed by atoms with Crippen LogP contribution in [-0.4, -0.2) is 30.9 Å². The highest BCUT2D eigenvalue weighted by Crippen LogP contribution is 2.37. The summed E-state index contributed by atoms with van der Waals surface area (Å²) in [4.78, 5) is 29.9. The highest BCUT2D eigenvalue weighted by atomic mass is 19.1. The number of aromatic amines is 1. The van der Waals surface area contributed by atoms with Crippen molar-refractivity contribution in [1.82, 2.24) is 25.0 Å². The first-order chi connectivity index (χ1) is 19.9. The summed E-state index contributed by atoms with van der Waals surface area (Å²) in [5, 5.41) is 14.1. The van der Waals surface area contributed by atoms with E-state index in [0.29, 0.717) is 22.7 Å². The van der Waals surface area contributed by atoms with Crippen LogP contribution in [-0.2, 0) is 0 Å². The van der Waals surface area contributed by atoms with Gasteiger partial charge in [0.2, 0.25) is 0 Å². The molecule has 0 saturated carbocycles. The molecule has 6 rings (SSSR count). The van der Waals surface area contributed by atoms with Gasteiger partial charge in [-0.2, -0.15) is 14.9 Å². The predicted molar refractivity (Wildman–Crippen MR) is 148 cm³/mol. The Balaban J connectivity index is 1.26. The third-order valence-corrected chi connectivity index (χ3v) is 6.21. The number of H-pyrrole nitrogens is 1. The second-order valence-corrected chi connectivity index (χ2v) is 8.92. The lowest BCUT2D eigenvalue weighted by Crippen LogP contribution is -2.29. The Morgan fingerprint density at radius 3 is 2.54 bits per heavy atom. The number of rotatable bonds is 6. The first-order valence-electron chi connectivity index (χ1n) is 12.2. The van der Waals surface area contributed by atoms with Crippen molar-refractivity contribution in [2.24, 2.45) is 0 Å². The monoisotopic (exact) mass is 551 g/mol. The number of nitrogens with two attached hydrogens (primary N) is 1. The number of aromatic nitrogens is 5. The minimum absolute atomic E-state index is 0.0950. The maximum atomic E-state index is 15.2. The number of amides is 1. The van der Waals surface area contributed by atoms with E-state index in [-0.39, 0.29) is 22.7 Å². The molecule has 202 valence electrons. The van der Waals surface area contributed by atoms with Gasteiger partial charge in [0.05, 0.1) is 17.4 Å². The van der Waals surface area contributed by atoms with E-state index >= 15 is 4.39 Å². The fourth-order valence-electron chi connectivity index (χ4n) is 4.17. The van der Waals surface area contributed by atoms with Crippen LogP contribution >= 0.6 is 0 Å². The number of fused-ring (bicyclic) bond motifs is 1. The van der Waals surface area contributed by atoms with Crippen LogP contribution < -0.4 is 21.3 Å². The summed E-state index contributed by atoms with van der Waals surface area (Å²) in [5.41, 5.74) is 7.20. The van der Waals surface area contributed by atoms with Crippen LogP contribution in [0.25, 0.3) is 27.7 Å². The van der Waals surface area contributed by atoms with E-state index in [1.54, 1.807) is 30.6 Å². The number of nitrogens with one attached hydrogen (secondary N) is 2. The number of hydrogen-bond donors (Lipinski definition) is 3. The van der Waals surface area contributed by atoms with Gasteiger partial charge in [-0.05, 0) is 66.7 Å². The molecule has 0 aliphatic heterocycles. The summed E-state index contributed by atoms with van der Waals surface area (Å²) >= 11 is 0. The minimum Gasteiger partial charge on any atom is -0.454 e. The Labute approximate surface area is 230 Å². The van der Waals surface area contributed by atoms with Gasteiger partial charge in [-0.15, -0.1) is 0 Å². The highest BCUT2D eigenvalue weighted by Gasteiger charge is 2.17. The molecule has 10 nitrogen and oxygen atoms in total. The number of nitrogen functional groups attached to an aromatic ring is 1. The Morgan fingerprint density at radius 2 is 1.78 bits per heavy atom. The summed E-state index contributed by atoms with van der Waals surface area (Å²) in [7, 11) is 0. The molecule has 3 heterocycles. The van der Waals surface area contributed by atoms with Crippen molar-refractivity contribution in [3.63, 3.8) is 0 Å². The zero-order chi connectivity index (χ0) is 28.5. The topological polar surface area (TPSA) is 141 Å². The number of pyridine rings is 1. The lowest BCUT2D eigenvalue weighted by atomic mass is 10.0. The standard InChI is InChI=1S/C29H19F2N7O3/c30-18-2-5-20(6-3-18)38-29(40)21(9-10-35-38)28(39)36-19-4-7-25(23(31)12-19)41-26-11-17-15-34-37-24(17)13-22(26)16-1-8-27(32)33-14-16/h1-15H,(H2,32,33)(H,34,37)(H,36,39). The number of hydrogen-bond acceptors (Lipinski definition) is 7. The van der Waals surface area contributed by atoms with Gasteiger partial charge >= 0.3 is 0 Å². The molecule has 0 aliphatic carbocycles. The molecule has 0 atom stereocenters. The van der Waals surface area contributed by atoms with E-state index in [0.717, 1.165) is 21.7 Å². The van der Waals surface area contributed by atoms with Crippen molar-refractivity contribution >= 4 is 28.3 Å². The van der Waals surface area contributed by atoms with Crippen LogP contribution in [0.3, 0.4) is 0 Å². The van der Waals surface area contributed by atoms with Crippen LogP contribution in [0.4, 0.5) is 20.3 Å². The van der Waals surface area contributed by atoms with Crippen molar-refractivity contribution in [3.05, 3.63) is 119 Å². The quantitative estimate of drug-likeness (QED) is 0.262. The molecule has 0 radical (unpaired) electrons. The smallest absolute Gasteiger partial charge is 0.284 e. The fourth-order valence-corrected chi connectivity index (χ4v) is 4.17. The third-order valence-electron chi connectivity index (χ3n) is 6.21. The highest BCUT2D eigenvalue weighted by molar-refractivity contribution is 6.04.